The third-order valence-electron chi connectivity index (χ3n) is 3.72. The summed E-state index contributed by atoms with van der Waals surface area (Å²) < 4.78 is 10.1. The first kappa shape index (κ1) is 22.4. The fraction of sp³-hybridized carbons (Fsp3) is 0.238. The number of hydrazine groups is 1. The number of carbonyl (C=O) groups excluding carboxylic acids is 4. The standard InChI is InChI=1S/C21H23N3O6/c1-2-29-17-10-8-16(9-11-17)22-19(26)14-30-20(27)13-12-18(25)23-24-21(28)15-6-4-3-5-7-15/h3-11H,2,12-14H2,1H3,(H,22,26)(H,23,25)(H,24,28). The van der Waals surface area contributed by atoms with Crippen LogP contribution >= 0.6 is 0 Å². The zero-order valence-electron chi connectivity index (χ0n) is 16.5. The second-order valence-electron chi connectivity index (χ2n) is 6.03. The van der Waals surface area contributed by atoms with Crippen LogP contribution in [0.3, 0.4) is 0 Å². The average Bonchev–Trinajstić information content (AvgIpc) is 2.76. The van der Waals surface area contributed by atoms with Crippen molar-refractivity contribution < 1.29 is 28.7 Å². The molecule has 2 rings (SSSR count). The van der Waals surface area contributed by atoms with Gasteiger partial charge in [0, 0.05) is 17.7 Å². The number of amides is 3. The highest BCUT2D eigenvalue weighted by atomic mass is 16.5. The van der Waals surface area contributed by atoms with E-state index in [0.29, 0.717) is 23.6 Å². The van der Waals surface area contributed by atoms with Gasteiger partial charge in [-0.25, -0.2) is 0 Å². The molecule has 0 saturated carbocycles. The molecule has 30 heavy (non-hydrogen) atoms. The quantitative estimate of drug-likeness (QED) is 0.426. The summed E-state index contributed by atoms with van der Waals surface area (Å²) in [6, 6.07) is 15.1. The van der Waals surface area contributed by atoms with E-state index in [0.717, 1.165) is 0 Å². The van der Waals surface area contributed by atoms with Crippen molar-refractivity contribution in [3.05, 3.63) is 60.2 Å². The molecule has 0 aliphatic heterocycles. The Kier molecular flexibility index (Phi) is 8.85. The van der Waals surface area contributed by atoms with Crippen LogP contribution in [0.5, 0.6) is 5.75 Å². The van der Waals surface area contributed by atoms with Crippen LogP contribution in [0.1, 0.15) is 30.1 Å². The number of carbonyl (C=O) groups is 4. The van der Waals surface area contributed by atoms with Gasteiger partial charge in [-0.1, -0.05) is 18.2 Å². The Morgan fingerprint density at radius 1 is 0.833 bits per heavy atom. The van der Waals surface area contributed by atoms with Crippen LogP contribution in [0.25, 0.3) is 0 Å². The van der Waals surface area contributed by atoms with Gasteiger partial charge in [-0.05, 0) is 43.3 Å². The Balaban J connectivity index is 1.62. The van der Waals surface area contributed by atoms with Gasteiger partial charge in [0.15, 0.2) is 6.61 Å². The van der Waals surface area contributed by atoms with Crippen molar-refractivity contribution in [3.8, 4) is 5.75 Å². The Hall–Kier alpha value is -3.88. The van der Waals surface area contributed by atoms with E-state index >= 15 is 0 Å². The molecular weight excluding hydrogens is 390 g/mol. The molecule has 0 spiro atoms. The highest BCUT2D eigenvalue weighted by molar-refractivity contribution is 5.95. The molecule has 0 bridgehead atoms. The van der Waals surface area contributed by atoms with Crippen LogP contribution in [0.15, 0.2) is 54.6 Å². The molecule has 0 heterocycles. The molecule has 3 N–H and O–H groups in total. The summed E-state index contributed by atoms with van der Waals surface area (Å²) in [4.78, 5) is 47.0. The van der Waals surface area contributed by atoms with Crippen LogP contribution < -0.4 is 20.9 Å². The second kappa shape index (κ2) is 11.8. The van der Waals surface area contributed by atoms with Gasteiger partial charge in [-0.2, -0.15) is 0 Å². The van der Waals surface area contributed by atoms with E-state index in [1.165, 1.54) is 0 Å². The number of anilines is 1. The molecule has 0 aliphatic carbocycles. The van der Waals surface area contributed by atoms with Crippen molar-refractivity contribution in [3.63, 3.8) is 0 Å². The van der Waals surface area contributed by atoms with Crippen molar-refractivity contribution in [2.45, 2.75) is 19.8 Å². The molecule has 0 saturated heterocycles. The lowest BCUT2D eigenvalue weighted by molar-refractivity contribution is -0.148. The lowest BCUT2D eigenvalue weighted by Gasteiger charge is -2.09. The van der Waals surface area contributed by atoms with E-state index in [-0.39, 0.29) is 12.8 Å². The SMILES string of the molecule is CCOc1ccc(NC(=O)COC(=O)CCC(=O)NNC(=O)c2ccccc2)cc1. The number of rotatable bonds is 9. The fourth-order valence-corrected chi connectivity index (χ4v) is 2.28. The average molecular weight is 413 g/mol. The van der Waals surface area contributed by atoms with Gasteiger partial charge in [0.25, 0.3) is 11.8 Å². The second-order valence-corrected chi connectivity index (χ2v) is 6.03. The summed E-state index contributed by atoms with van der Waals surface area (Å²) in [5, 5.41) is 2.58. The van der Waals surface area contributed by atoms with Gasteiger partial charge in [-0.3, -0.25) is 30.0 Å². The highest BCUT2D eigenvalue weighted by Crippen LogP contribution is 2.15. The summed E-state index contributed by atoms with van der Waals surface area (Å²) in [7, 11) is 0. The monoisotopic (exact) mass is 413 g/mol. The first-order valence-corrected chi connectivity index (χ1v) is 9.30. The van der Waals surface area contributed by atoms with E-state index in [9.17, 15) is 19.2 Å². The lowest BCUT2D eigenvalue weighted by atomic mass is 10.2. The molecule has 9 heteroatoms. The number of ether oxygens (including phenoxy) is 2. The maximum absolute atomic E-state index is 11.8. The van der Waals surface area contributed by atoms with Gasteiger partial charge >= 0.3 is 5.97 Å². The van der Waals surface area contributed by atoms with Crippen molar-refractivity contribution in [2.75, 3.05) is 18.5 Å². The molecule has 0 aliphatic rings. The molecule has 3 amide bonds. The zero-order valence-corrected chi connectivity index (χ0v) is 16.5. The van der Waals surface area contributed by atoms with Crippen LogP contribution in [-0.4, -0.2) is 36.9 Å². The molecule has 2 aromatic carbocycles. The number of esters is 1. The molecule has 9 nitrogen and oxygen atoms in total. The van der Waals surface area contributed by atoms with Gasteiger partial charge in [0.2, 0.25) is 5.91 Å². The summed E-state index contributed by atoms with van der Waals surface area (Å²) >= 11 is 0. The van der Waals surface area contributed by atoms with Gasteiger partial charge < -0.3 is 14.8 Å². The molecule has 0 atom stereocenters. The zero-order chi connectivity index (χ0) is 21.8. The van der Waals surface area contributed by atoms with Crippen LogP contribution in [0.2, 0.25) is 0 Å². The molecule has 0 fully saturated rings. The van der Waals surface area contributed by atoms with E-state index in [2.05, 4.69) is 16.2 Å². The van der Waals surface area contributed by atoms with Crippen molar-refractivity contribution in [1.29, 1.82) is 0 Å². The van der Waals surface area contributed by atoms with Crippen LogP contribution in [0.4, 0.5) is 5.69 Å². The van der Waals surface area contributed by atoms with Crippen LogP contribution in [-0.2, 0) is 19.1 Å². The summed E-state index contributed by atoms with van der Waals surface area (Å²) in [6.45, 7) is 1.94. The number of nitrogens with one attached hydrogen (secondary N) is 3. The summed E-state index contributed by atoms with van der Waals surface area (Å²) in [5.74, 6) is -1.57. The maximum atomic E-state index is 11.8. The molecule has 0 unspecified atom stereocenters. The smallest absolute Gasteiger partial charge is 0.306 e. The summed E-state index contributed by atoms with van der Waals surface area (Å²) in [5.41, 5.74) is 5.38. The lowest BCUT2D eigenvalue weighted by Crippen LogP contribution is -2.41. The molecular formula is C21H23N3O6. The topological polar surface area (TPSA) is 123 Å². The van der Waals surface area contributed by atoms with Crippen molar-refractivity contribution in [2.24, 2.45) is 0 Å². The first-order valence-electron chi connectivity index (χ1n) is 9.30. The fourth-order valence-electron chi connectivity index (χ4n) is 2.28. The van der Waals surface area contributed by atoms with E-state index in [1.54, 1.807) is 54.6 Å². The number of hydrogen-bond donors (Lipinski definition) is 3. The van der Waals surface area contributed by atoms with Gasteiger partial charge in [-0.15, -0.1) is 0 Å². The van der Waals surface area contributed by atoms with E-state index < -0.39 is 30.3 Å². The predicted octanol–water partition coefficient (Wildman–Crippen LogP) is 1.81. The Morgan fingerprint density at radius 2 is 1.53 bits per heavy atom. The normalized spacial score (nSPS) is 9.90. The molecule has 0 radical (unpaired) electrons. The molecule has 2 aromatic rings. The predicted molar refractivity (Wildman–Crippen MR) is 108 cm³/mol. The minimum Gasteiger partial charge on any atom is -0.494 e. The van der Waals surface area contributed by atoms with Gasteiger partial charge in [0.05, 0.1) is 13.0 Å². The van der Waals surface area contributed by atoms with Gasteiger partial charge in [0.1, 0.15) is 5.75 Å². The molecule has 158 valence electrons. The maximum Gasteiger partial charge on any atom is 0.306 e. The molecule has 0 aromatic heterocycles. The summed E-state index contributed by atoms with van der Waals surface area (Å²) in [6.07, 6.45) is -0.433. The van der Waals surface area contributed by atoms with Crippen LogP contribution in [0, 0.1) is 0 Å². The third kappa shape index (κ3) is 8.01. The Morgan fingerprint density at radius 3 is 2.20 bits per heavy atom. The Bertz CT molecular complexity index is 868. The Labute approximate surface area is 173 Å². The van der Waals surface area contributed by atoms with Crippen molar-refractivity contribution in [1.82, 2.24) is 10.9 Å². The van der Waals surface area contributed by atoms with Crippen molar-refractivity contribution >= 4 is 29.4 Å². The van der Waals surface area contributed by atoms with E-state index in [4.69, 9.17) is 9.47 Å². The third-order valence-corrected chi connectivity index (χ3v) is 3.72. The van der Waals surface area contributed by atoms with E-state index in [1.807, 2.05) is 6.92 Å². The number of hydrogen-bond acceptors (Lipinski definition) is 6. The minimum absolute atomic E-state index is 0.200. The minimum atomic E-state index is -0.707. The highest BCUT2D eigenvalue weighted by Gasteiger charge is 2.12. The first-order chi connectivity index (χ1) is 14.5. The number of benzene rings is 2. The largest absolute Gasteiger partial charge is 0.494 e.